The highest BCUT2D eigenvalue weighted by Crippen LogP contribution is 2.30. The second-order valence-electron chi connectivity index (χ2n) is 7.18. The Hall–Kier alpha value is -2.73. The Morgan fingerprint density at radius 3 is 2.86 bits per heavy atom. The van der Waals surface area contributed by atoms with Crippen LogP contribution in [0.15, 0.2) is 42.5 Å². The van der Waals surface area contributed by atoms with E-state index in [1.165, 1.54) is 5.56 Å². The molecule has 2 aliphatic heterocycles. The summed E-state index contributed by atoms with van der Waals surface area (Å²) >= 11 is 0. The summed E-state index contributed by atoms with van der Waals surface area (Å²) in [6, 6.07) is 13.7. The van der Waals surface area contributed by atoms with Gasteiger partial charge in [0.2, 0.25) is 0 Å². The maximum absolute atomic E-state index is 12.7. The third-order valence-corrected chi connectivity index (χ3v) is 5.30. The zero-order valence-corrected chi connectivity index (χ0v) is 16.1. The first-order valence-corrected chi connectivity index (χ1v) is 9.74. The predicted octanol–water partition coefficient (Wildman–Crippen LogP) is 2.51. The van der Waals surface area contributed by atoms with E-state index in [4.69, 9.17) is 14.2 Å². The molecular weight excluding hydrogens is 356 g/mol. The zero-order valence-electron chi connectivity index (χ0n) is 16.1. The number of hydrogen-bond acceptors (Lipinski definition) is 5. The molecule has 0 aliphatic carbocycles. The predicted molar refractivity (Wildman–Crippen MR) is 107 cm³/mol. The summed E-state index contributed by atoms with van der Waals surface area (Å²) in [7, 11) is 1.65. The van der Waals surface area contributed by atoms with E-state index in [0.717, 1.165) is 36.7 Å². The fraction of sp³-hybridized carbons (Fsp3) is 0.409. The van der Waals surface area contributed by atoms with Gasteiger partial charge in [0.15, 0.2) is 0 Å². The highest BCUT2D eigenvalue weighted by atomic mass is 16.5. The van der Waals surface area contributed by atoms with Crippen LogP contribution >= 0.6 is 0 Å². The van der Waals surface area contributed by atoms with Crippen molar-refractivity contribution < 1.29 is 19.0 Å². The van der Waals surface area contributed by atoms with E-state index < -0.39 is 0 Å². The van der Waals surface area contributed by atoms with Gasteiger partial charge in [-0.05, 0) is 36.2 Å². The molecular formula is C22H26N2O4. The van der Waals surface area contributed by atoms with E-state index in [-0.39, 0.29) is 11.8 Å². The molecule has 148 valence electrons. The highest BCUT2D eigenvalue weighted by molar-refractivity contribution is 5.95. The maximum Gasteiger partial charge on any atom is 0.251 e. The largest absolute Gasteiger partial charge is 0.495 e. The van der Waals surface area contributed by atoms with Crippen LogP contribution in [0.2, 0.25) is 0 Å². The van der Waals surface area contributed by atoms with Gasteiger partial charge in [-0.25, -0.2) is 0 Å². The summed E-state index contributed by atoms with van der Waals surface area (Å²) in [5, 5.41) is 3.06. The highest BCUT2D eigenvalue weighted by Gasteiger charge is 2.21. The topological polar surface area (TPSA) is 60.0 Å². The molecule has 2 aromatic carbocycles. The normalized spacial score (nSPS) is 18.8. The molecule has 0 aromatic heterocycles. The number of para-hydroxylation sites is 1. The van der Waals surface area contributed by atoms with Crippen LogP contribution in [0, 0.1) is 5.92 Å². The average Bonchev–Trinajstić information content (AvgIpc) is 2.77. The van der Waals surface area contributed by atoms with E-state index in [1.807, 2.05) is 36.4 Å². The fourth-order valence-electron chi connectivity index (χ4n) is 3.74. The van der Waals surface area contributed by atoms with Crippen molar-refractivity contribution in [3.8, 4) is 11.5 Å². The number of amides is 1. The van der Waals surface area contributed by atoms with Crippen molar-refractivity contribution >= 4 is 11.6 Å². The lowest BCUT2D eigenvalue weighted by Gasteiger charge is -2.30. The van der Waals surface area contributed by atoms with Gasteiger partial charge in [-0.1, -0.05) is 18.2 Å². The molecule has 0 unspecified atom stereocenters. The number of nitrogens with zero attached hydrogens (tertiary/aromatic N) is 1. The molecule has 1 fully saturated rings. The Kier molecular flexibility index (Phi) is 5.67. The van der Waals surface area contributed by atoms with Crippen LogP contribution in [0.3, 0.4) is 0 Å². The number of carbonyl (C=O) groups excluding carboxylic acids is 1. The van der Waals surface area contributed by atoms with E-state index in [0.29, 0.717) is 31.9 Å². The summed E-state index contributed by atoms with van der Waals surface area (Å²) in [4.78, 5) is 14.9. The van der Waals surface area contributed by atoms with Crippen molar-refractivity contribution in [1.29, 1.82) is 0 Å². The minimum absolute atomic E-state index is 0.0731. The Morgan fingerprint density at radius 2 is 2.04 bits per heavy atom. The average molecular weight is 382 g/mol. The first kappa shape index (κ1) is 18.6. The van der Waals surface area contributed by atoms with Gasteiger partial charge in [0.25, 0.3) is 5.91 Å². The van der Waals surface area contributed by atoms with Crippen LogP contribution in [0.5, 0.6) is 11.5 Å². The molecule has 2 aliphatic rings. The smallest absolute Gasteiger partial charge is 0.251 e. The molecule has 1 amide bonds. The number of morpholine rings is 1. The molecule has 0 radical (unpaired) electrons. The Balaban J connectivity index is 1.41. The molecule has 2 aromatic rings. The lowest BCUT2D eigenvalue weighted by atomic mass is 9.96. The van der Waals surface area contributed by atoms with Gasteiger partial charge < -0.3 is 24.4 Å². The molecule has 4 rings (SSSR count). The summed E-state index contributed by atoms with van der Waals surface area (Å²) < 4.78 is 16.7. The van der Waals surface area contributed by atoms with E-state index in [9.17, 15) is 4.79 Å². The van der Waals surface area contributed by atoms with Gasteiger partial charge in [0.1, 0.15) is 11.5 Å². The number of rotatable bonds is 5. The van der Waals surface area contributed by atoms with Crippen LogP contribution < -0.4 is 19.7 Å². The molecule has 28 heavy (non-hydrogen) atoms. The number of nitrogens with one attached hydrogen (secondary N) is 1. The van der Waals surface area contributed by atoms with Gasteiger partial charge in [-0.3, -0.25) is 4.79 Å². The van der Waals surface area contributed by atoms with Gasteiger partial charge in [-0.2, -0.15) is 0 Å². The lowest BCUT2D eigenvalue weighted by molar-refractivity contribution is 0.0939. The number of benzene rings is 2. The SMILES string of the molecule is COc1ccc(C(=O)NC[C@@H]2COc3ccccc3C2)cc1N1CCOCC1. The maximum atomic E-state index is 12.7. The molecule has 6 nitrogen and oxygen atoms in total. The molecule has 0 bridgehead atoms. The van der Waals surface area contributed by atoms with E-state index in [2.05, 4.69) is 16.3 Å². The van der Waals surface area contributed by atoms with Crippen LogP contribution in [0.25, 0.3) is 0 Å². The van der Waals surface area contributed by atoms with Gasteiger partial charge in [0.05, 0.1) is 32.6 Å². The van der Waals surface area contributed by atoms with Crippen molar-refractivity contribution in [1.82, 2.24) is 5.32 Å². The van der Waals surface area contributed by atoms with Crippen LogP contribution in [-0.2, 0) is 11.2 Å². The number of hydrogen-bond donors (Lipinski definition) is 1. The lowest BCUT2D eigenvalue weighted by Crippen LogP contribution is -2.37. The standard InChI is InChI=1S/C22H26N2O4/c1-26-21-7-6-18(13-19(21)24-8-10-27-11-9-24)22(25)23-14-16-12-17-4-2-3-5-20(17)28-15-16/h2-7,13,16H,8-12,14-15H2,1H3,(H,23,25)/t16-/m1/s1. The van der Waals surface area contributed by atoms with E-state index in [1.54, 1.807) is 7.11 Å². The van der Waals surface area contributed by atoms with Crippen LogP contribution in [-0.4, -0.2) is 52.5 Å². The summed E-state index contributed by atoms with van der Waals surface area (Å²) in [6.45, 7) is 4.16. The molecule has 0 saturated carbocycles. The summed E-state index contributed by atoms with van der Waals surface area (Å²) in [5.74, 6) is 1.93. The summed E-state index contributed by atoms with van der Waals surface area (Å²) in [5.41, 5.74) is 2.78. The quantitative estimate of drug-likeness (QED) is 0.861. The van der Waals surface area contributed by atoms with Crippen LogP contribution in [0.1, 0.15) is 15.9 Å². The second-order valence-corrected chi connectivity index (χ2v) is 7.18. The first-order valence-electron chi connectivity index (χ1n) is 9.74. The third kappa shape index (κ3) is 4.07. The van der Waals surface area contributed by atoms with Crippen molar-refractivity contribution in [3.05, 3.63) is 53.6 Å². The van der Waals surface area contributed by atoms with Gasteiger partial charge in [-0.15, -0.1) is 0 Å². The second kappa shape index (κ2) is 8.52. The molecule has 6 heteroatoms. The zero-order chi connectivity index (χ0) is 19.3. The molecule has 1 saturated heterocycles. The monoisotopic (exact) mass is 382 g/mol. The van der Waals surface area contributed by atoms with Crippen molar-refractivity contribution in [3.63, 3.8) is 0 Å². The van der Waals surface area contributed by atoms with Crippen molar-refractivity contribution in [2.75, 3.05) is 51.5 Å². The molecule has 1 atom stereocenters. The van der Waals surface area contributed by atoms with Gasteiger partial charge in [0, 0.05) is 31.1 Å². The van der Waals surface area contributed by atoms with Crippen molar-refractivity contribution in [2.45, 2.75) is 6.42 Å². The number of methoxy groups -OCH3 is 1. The fourth-order valence-corrected chi connectivity index (χ4v) is 3.74. The number of ether oxygens (including phenoxy) is 3. The Morgan fingerprint density at radius 1 is 1.21 bits per heavy atom. The molecule has 1 N–H and O–H groups in total. The van der Waals surface area contributed by atoms with Gasteiger partial charge >= 0.3 is 0 Å². The minimum Gasteiger partial charge on any atom is -0.495 e. The number of carbonyl (C=O) groups is 1. The Bertz CT molecular complexity index is 833. The van der Waals surface area contributed by atoms with E-state index >= 15 is 0 Å². The van der Waals surface area contributed by atoms with Crippen LogP contribution in [0.4, 0.5) is 5.69 Å². The van der Waals surface area contributed by atoms with Crippen molar-refractivity contribution in [2.24, 2.45) is 5.92 Å². The summed E-state index contributed by atoms with van der Waals surface area (Å²) in [6.07, 6.45) is 0.915. The first-order chi connectivity index (χ1) is 13.7. The Labute approximate surface area is 165 Å². The molecule has 0 spiro atoms. The molecule has 2 heterocycles. The minimum atomic E-state index is -0.0731. The third-order valence-electron chi connectivity index (χ3n) is 5.30. The number of fused-ring (bicyclic) bond motifs is 1. The number of anilines is 1.